The zero-order chi connectivity index (χ0) is 19.2. The first kappa shape index (κ1) is 18.2. The fraction of sp³-hybridized carbons (Fsp3) is 0.588. The first-order valence-corrected chi connectivity index (χ1v) is 11.0. The minimum Gasteiger partial charge on any atom is -0.333 e. The van der Waals surface area contributed by atoms with Crippen molar-refractivity contribution in [2.24, 2.45) is 0 Å². The summed E-state index contributed by atoms with van der Waals surface area (Å²) >= 11 is 0. The van der Waals surface area contributed by atoms with Crippen molar-refractivity contribution in [2.75, 3.05) is 29.9 Å². The number of rotatable bonds is 3. The molecule has 2 N–H and O–H groups in total. The number of nitrogens with one attached hydrogen (secondary N) is 2. The molecule has 4 rings (SSSR count). The summed E-state index contributed by atoms with van der Waals surface area (Å²) in [6, 6.07) is -0.171. The van der Waals surface area contributed by atoms with Crippen LogP contribution in [0, 0.1) is 13.8 Å². The van der Waals surface area contributed by atoms with Crippen LogP contribution in [0.15, 0.2) is 6.20 Å². The molecule has 2 aromatic heterocycles. The van der Waals surface area contributed by atoms with Gasteiger partial charge in [-0.25, -0.2) is 13.4 Å². The fourth-order valence-corrected chi connectivity index (χ4v) is 5.52. The van der Waals surface area contributed by atoms with E-state index in [0.29, 0.717) is 23.5 Å². The van der Waals surface area contributed by atoms with E-state index in [1.165, 1.54) is 0 Å². The summed E-state index contributed by atoms with van der Waals surface area (Å²) in [4.78, 5) is 17.2. The molecule has 1 saturated heterocycles. The molecule has 1 atom stereocenters. The minimum atomic E-state index is -3.00. The number of hydrogen-bond donors (Lipinski definition) is 2. The Balaban J connectivity index is 1.55. The SMILES string of the molecule is Cc1nn(C2CCS(=O)(=O)C2)c(C)c1NC(=O)c1cn2c(n1)CCNCC2. The first-order chi connectivity index (χ1) is 12.8. The number of carbonyl (C=O) groups is 1. The molecule has 2 aromatic rings. The monoisotopic (exact) mass is 392 g/mol. The van der Waals surface area contributed by atoms with E-state index >= 15 is 0 Å². The first-order valence-electron chi connectivity index (χ1n) is 9.18. The molecule has 10 heteroatoms. The highest BCUT2D eigenvalue weighted by atomic mass is 32.2. The molecule has 0 aliphatic carbocycles. The van der Waals surface area contributed by atoms with Crippen LogP contribution in [0.2, 0.25) is 0 Å². The summed E-state index contributed by atoms with van der Waals surface area (Å²) in [5.74, 6) is 0.926. The number of nitrogens with zero attached hydrogens (tertiary/aromatic N) is 4. The maximum Gasteiger partial charge on any atom is 0.275 e. The molecule has 0 spiro atoms. The highest BCUT2D eigenvalue weighted by molar-refractivity contribution is 7.91. The van der Waals surface area contributed by atoms with E-state index in [-0.39, 0.29) is 23.5 Å². The fourth-order valence-electron chi connectivity index (χ4n) is 3.83. The zero-order valence-corrected chi connectivity index (χ0v) is 16.3. The van der Waals surface area contributed by atoms with Gasteiger partial charge in [-0.05, 0) is 20.3 Å². The van der Waals surface area contributed by atoms with Crippen molar-refractivity contribution in [1.29, 1.82) is 0 Å². The van der Waals surface area contributed by atoms with E-state index in [1.54, 1.807) is 10.9 Å². The number of hydrogen-bond acceptors (Lipinski definition) is 6. The van der Waals surface area contributed by atoms with E-state index in [0.717, 1.165) is 37.6 Å². The third kappa shape index (κ3) is 3.51. The van der Waals surface area contributed by atoms with Crippen molar-refractivity contribution in [3.05, 3.63) is 29.1 Å². The molecule has 1 unspecified atom stereocenters. The highest BCUT2D eigenvalue weighted by Gasteiger charge is 2.32. The Morgan fingerprint density at radius 1 is 1.33 bits per heavy atom. The molecule has 0 radical (unpaired) electrons. The number of aryl methyl sites for hydroxylation is 1. The Labute approximate surface area is 158 Å². The number of amides is 1. The second kappa shape index (κ2) is 6.75. The molecule has 9 nitrogen and oxygen atoms in total. The molecule has 27 heavy (non-hydrogen) atoms. The van der Waals surface area contributed by atoms with Crippen LogP contribution in [0.25, 0.3) is 0 Å². The molecule has 2 aliphatic rings. The smallest absolute Gasteiger partial charge is 0.275 e. The standard InChI is InChI=1S/C17H24N6O3S/c1-11-16(12(2)23(21-11)13-4-8-27(25,26)10-13)20-17(24)14-9-22-7-6-18-5-3-15(22)19-14/h9,13,18H,3-8,10H2,1-2H3,(H,20,24). The van der Waals surface area contributed by atoms with Crippen molar-refractivity contribution < 1.29 is 13.2 Å². The molecule has 146 valence electrons. The lowest BCUT2D eigenvalue weighted by Gasteiger charge is -2.11. The Bertz CT molecular complexity index is 967. The van der Waals surface area contributed by atoms with Crippen LogP contribution in [0.4, 0.5) is 5.69 Å². The van der Waals surface area contributed by atoms with Gasteiger partial charge in [0.05, 0.1) is 34.6 Å². The molecule has 2 aliphatic heterocycles. The Morgan fingerprint density at radius 2 is 2.15 bits per heavy atom. The summed E-state index contributed by atoms with van der Waals surface area (Å²) in [7, 11) is -3.00. The number of carbonyl (C=O) groups excluding carboxylic acids is 1. The molecule has 0 bridgehead atoms. The zero-order valence-electron chi connectivity index (χ0n) is 15.5. The maximum absolute atomic E-state index is 12.7. The normalized spacial score (nSPS) is 21.6. The molecule has 4 heterocycles. The highest BCUT2D eigenvalue weighted by Crippen LogP contribution is 2.29. The molecule has 0 aromatic carbocycles. The molecule has 0 saturated carbocycles. The van der Waals surface area contributed by atoms with Gasteiger partial charge in [-0.1, -0.05) is 0 Å². The Morgan fingerprint density at radius 3 is 2.89 bits per heavy atom. The molecule has 1 amide bonds. The molecular weight excluding hydrogens is 368 g/mol. The van der Waals surface area contributed by atoms with Crippen molar-refractivity contribution >= 4 is 21.4 Å². The van der Waals surface area contributed by atoms with Gasteiger partial charge >= 0.3 is 0 Å². The van der Waals surface area contributed by atoms with Crippen LogP contribution in [-0.2, 0) is 22.8 Å². The molecule has 1 fully saturated rings. The third-order valence-electron chi connectivity index (χ3n) is 5.26. The van der Waals surface area contributed by atoms with Gasteiger partial charge in [-0.3, -0.25) is 9.48 Å². The van der Waals surface area contributed by atoms with Gasteiger partial charge in [-0.15, -0.1) is 0 Å². The maximum atomic E-state index is 12.7. The van der Waals surface area contributed by atoms with E-state index in [2.05, 4.69) is 20.7 Å². The van der Waals surface area contributed by atoms with E-state index in [4.69, 9.17) is 0 Å². The van der Waals surface area contributed by atoms with Gasteiger partial charge in [0.15, 0.2) is 9.84 Å². The summed E-state index contributed by atoms with van der Waals surface area (Å²) in [5.41, 5.74) is 2.47. The lowest BCUT2D eigenvalue weighted by molar-refractivity contribution is 0.102. The van der Waals surface area contributed by atoms with E-state index in [1.807, 2.05) is 18.4 Å². The van der Waals surface area contributed by atoms with Gasteiger partial charge in [-0.2, -0.15) is 5.10 Å². The average molecular weight is 392 g/mol. The number of sulfone groups is 1. The van der Waals surface area contributed by atoms with Gasteiger partial charge in [0.1, 0.15) is 11.5 Å². The second-order valence-electron chi connectivity index (χ2n) is 7.24. The van der Waals surface area contributed by atoms with Crippen LogP contribution in [0.1, 0.15) is 40.2 Å². The minimum absolute atomic E-state index is 0.101. The topological polar surface area (TPSA) is 111 Å². The third-order valence-corrected chi connectivity index (χ3v) is 7.01. The van der Waals surface area contributed by atoms with Crippen molar-refractivity contribution in [1.82, 2.24) is 24.6 Å². The van der Waals surface area contributed by atoms with Gasteiger partial charge in [0, 0.05) is 32.3 Å². The van der Waals surface area contributed by atoms with Crippen LogP contribution < -0.4 is 10.6 Å². The predicted octanol–water partition coefficient (Wildman–Crippen LogP) is 0.454. The number of aromatic nitrogens is 4. The van der Waals surface area contributed by atoms with Crippen molar-refractivity contribution in [3.8, 4) is 0 Å². The van der Waals surface area contributed by atoms with Gasteiger partial charge in [0.2, 0.25) is 0 Å². The Hall–Kier alpha value is -2.20. The van der Waals surface area contributed by atoms with Crippen molar-refractivity contribution in [2.45, 2.75) is 39.3 Å². The van der Waals surface area contributed by atoms with E-state index < -0.39 is 9.84 Å². The van der Waals surface area contributed by atoms with Crippen LogP contribution in [-0.4, -0.2) is 58.3 Å². The average Bonchev–Trinajstić information content (AvgIpc) is 3.21. The number of anilines is 1. The summed E-state index contributed by atoms with van der Waals surface area (Å²) < 4.78 is 27.3. The predicted molar refractivity (Wildman–Crippen MR) is 101 cm³/mol. The summed E-state index contributed by atoms with van der Waals surface area (Å²) in [5, 5.41) is 10.7. The van der Waals surface area contributed by atoms with Crippen LogP contribution in [0.3, 0.4) is 0 Å². The lowest BCUT2D eigenvalue weighted by Crippen LogP contribution is -2.18. The van der Waals surface area contributed by atoms with Gasteiger partial charge < -0.3 is 15.2 Å². The van der Waals surface area contributed by atoms with Crippen molar-refractivity contribution in [3.63, 3.8) is 0 Å². The second-order valence-corrected chi connectivity index (χ2v) is 9.47. The quantitative estimate of drug-likeness (QED) is 0.785. The van der Waals surface area contributed by atoms with Crippen LogP contribution >= 0.6 is 0 Å². The number of imidazole rings is 1. The lowest BCUT2D eigenvalue weighted by atomic mass is 10.2. The van der Waals surface area contributed by atoms with Gasteiger partial charge in [0.25, 0.3) is 5.91 Å². The van der Waals surface area contributed by atoms with Crippen LogP contribution in [0.5, 0.6) is 0 Å². The Kier molecular flexibility index (Phi) is 4.55. The molecular formula is C17H24N6O3S. The number of fused-ring (bicyclic) bond motifs is 1. The van der Waals surface area contributed by atoms with E-state index in [9.17, 15) is 13.2 Å². The summed E-state index contributed by atoms with van der Waals surface area (Å²) in [6.45, 7) is 6.18. The summed E-state index contributed by atoms with van der Waals surface area (Å²) in [6.07, 6.45) is 3.13. The largest absolute Gasteiger partial charge is 0.333 e.